The van der Waals surface area contributed by atoms with E-state index in [1.165, 1.54) is 0 Å². The van der Waals surface area contributed by atoms with Crippen molar-refractivity contribution < 1.29 is 9.59 Å². The molecule has 0 amide bonds. The van der Waals surface area contributed by atoms with Crippen molar-refractivity contribution in [1.82, 2.24) is 9.38 Å². The second-order valence-corrected chi connectivity index (χ2v) is 3.37. The average Bonchev–Trinajstić information content (AvgIpc) is 2.71. The monoisotopic (exact) mass is 238 g/mol. The first-order valence-corrected chi connectivity index (χ1v) is 5.30. The van der Waals surface area contributed by atoms with E-state index in [4.69, 9.17) is 21.2 Å². The van der Waals surface area contributed by atoms with Gasteiger partial charge in [0.2, 0.25) is 0 Å². The molecule has 0 atom stereocenters. The Labute approximate surface area is 97.9 Å². The number of aromatic nitrogens is 2. The molecule has 2 heterocycles. The number of hydrogen-bond acceptors (Lipinski definition) is 3. The molecule has 0 N–H and O–H groups in total. The van der Waals surface area contributed by atoms with Crippen LogP contribution in [0.5, 0.6) is 0 Å². The van der Waals surface area contributed by atoms with E-state index in [1.807, 2.05) is 28.9 Å². The van der Waals surface area contributed by atoms with Crippen LogP contribution in [-0.2, 0) is 21.9 Å². The molecule has 0 unspecified atom stereocenters. The number of nitrogens with zero attached hydrogens (tertiary/aromatic N) is 2. The molecule has 0 aliphatic heterocycles. The fourth-order valence-electron chi connectivity index (χ4n) is 1.33. The van der Waals surface area contributed by atoms with Crippen molar-refractivity contribution in [2.45, 2.75) is 19.2 Å². The van der Waals surface area contributed by atoms with E-state index in [-0.39, 0.29) is 6.15 Å². The molecule has 0 aliphatic carbocycles. The Bertz CT molecular complexity index is 500. The van der Waals surface area contributed by atoms with E-state index in [0.717, 1.165) is 23.3 Å². The largest absolute Gasteiger partial charge is 0.373 e. The first-order valence-electron chi connectivity index (χ1n) is 4.76. The maximum Gasteiger partial charge on any atom is 0.373 e. The molecule has 2 aromatic rings. The lowest BCUT2D eigenvalue weighted by Gasteiger charge is -1.95. The van der Waals surface area contributed by atoms with Crippen LogP contribution in [0.3, 0.4) is 0 Å². The second kappa shape index (κ2) is 6.05. The van der Waals surface area contributed by atoms with E-state index in [9.17, 15) is 0 Å². The molecule has 0 aromatic carbocycles. The van der Waals surface area contributed by atoms with Crippen molar-refractivity contribution in [3.05, 3.63) is 35.8 Å². The highest BCUT2D eigenvalue weighted by molar-refractivity contribution is 6.17. The summed E-state index contributed by atoms with van der Waals surface area (Å²) < 4.78 is 2.02. The maximum absolute atomic E-state index is 8.12. The minimum Gasteiger partial charge on any atom is -0.307 e. The highest BCUT2D eigenvalue weighted by atomic mass is 35.5. The summed E-state index contributed by atoms with van der Waals surface area (Å²) in [5.41, 5.74) is 3.21. The minimum atomic E-state index is 0.250. The lowest BCUT2D eigenvalue weighted by molar-refractivity contribution is -0.191. The van der Waals surface area contributed by atoms with E-state index in [1.54, 1.807) is 0 Å². The normalized spacial score (nSPS) is 9.38. The second-order valence-electron chi connectivity index (χ2n) is 3.10. The van der Waals surface area contributed by atoms with Gasteiger partial charge in [-0.15, -0.1) is 11.6 Å². The number of carbonyl (C=O) groups excluding carboxylic acids is 2. The highest BCUT2D eigenvalue weighted by Gasteiger charge is 1.99. The molecule has 0 saturated heterocycles. The molecule has 2 aromatic heterocycles. The number of aryl methyl sites for hydroxylation is 1. The van der Waals surface area contributed by atoms with E-state index < -0.39 is 0 Å². The fraction of sp³-hybridized carbons (Fsp3) is 0.273. The molecule has 2 rings (SSSR count). The highest BCUT2D eigenvalue weighted by Crippen LogP contribution is 2.10. The standard InChI is InChI=1S/C10H11ClN2.CO2/c1-2-9-7-13-4-3-8(6-11)5-10(13)12-9;2-1-3/h3-5,7H,2,6H2,1H3;. The van der Waals surface area contributed by atoms with Gasteiger partial charge >= 0.3 is 6.15 Å². The number of pyridine rings is 1. The van der Waals surface area contributed by atoms with Gasteiger partial charge in [-0.3, -0.25) is 0 Å². The average molecular weight is 239 g/mol. The summed E-state index contributed by atoms with van der Waals surface area (Å²) >= 11 is 5.73. The first kappa shape index (κ1) is 12.4. The quantitative estimate of drug-likeness (QED) is 0.753. The van der Waals surface area contributed by atoms with Gasteiger partial charge in [-0.1, -0.05) is 6.92 Å². The van der Waals surface area contributed by atoms with Gasteiger partial charge in [0.1, 0.15) is 5.65 Å². The Morgan fingerprint density at radius 1 is 1.50 bits per heavy atom. The summed E-state index contributed by atoms with van der Waals surface area (Å²) in [6.07, 6.45) is 5.27. The van der Waals surface area contributed by atoms with Crippen LogP contribution in [0.4, 0.5) is 0 Å². The lowest BCUT2D eigenvalue weighted by atomic mass is 10.3. The van der Waals surface area contributed by atoms with Crippen LogP contribution in [0.2, 0.25) is 0 Å². The smallest absolute Gasteiger partial charge is 0.307 e. The number of alkyl halides is 1. The van der Waals surface area contributed by atoms with Gasteiger partial charge in [0.25, 0.3) is 0 Å². The van der Waals surface area contributed by atoms with E-state index >= 15 is 0 Å². The molecular weight excluding hydrogens is 228 g/mol. The van der Waals surface area contributed by atoms with Crippen LogP contribution < -0.4 is 0 Å². The molecule has 0 radical (unpaired) electrons. The molecule has 4 nitrogen and oxygen atoms in total. The van der Waals surface area contributed by atoms with Crippen LogP contribution in [0, 0.1) is 0 Å². The third-order valence-electron chi connectivity index (χ3n) is 2.09. The molecule has 0 fully saturated rings. The zero-order valence-corrected chi connectivity index (χ0v) is 9.57. The van der Waals surface area contributed by atoms with Crippen LogP contribution >= 0.6 is 11.6 Å². The summed E-state index contributed by atoms with van der Waals surface area (Å²) in [4.78, 5) is 20.7. The third-order valence-corrected chi connectivity index (χ3v) is 2.40. The zero-order chi connectivity index (χ0) is 12.0. The third kappa shape index (κ3) is 2.92. The van der Waals surface area contributed by atoms with Crippen molar-refractivity contribution in [1.29, 1.82) is 0 Å². The summed E-state index contributed by atoms with van der Waals surface area (Å²) in [7, 11) is 0. The number of halogens is 1. The summed E-state index contributed by atoms with van der Waals surface area (Å²) in [5.74, 6) is 0.546. The van der Waals surface area contributed by atoms with Crippen LogP contribution in [0.15, 0.2) is 24.5 Å². The molecule has 84 valence electrons. The van der Waals surface area contributed by atoms with E-state index in [2.05, 4.69) is 11.9 Å². The Balaban J connectivity index is 0.000000386. The zero-order valence-electron chi connectivity index (χ0n) is 8.81. The van der Waals surface area contributed by atoms with Crippen LogP contribution in [-0.4, -0.2) is 15.5 Å². The van der Waals surface area contributed by atoms with Crippen molar-refractivity contribution >= 4 is 23.4 Å². The fourth-order valence-corrected chi connectivity index (χ4v) is 1.50. The SMILES string of the molecule is CCc1cn2ccc(CCl)cc2n1.O=C=O. The molecule has 0 bridgehead atoms. The maximum atomic E-state index is 8.12. The molecule has 16 heavy (non-hydrogen) atoms. The first-order chi connectivity index (χ1) is 7.74. The number of imidazole rings is 1. The van der Waals surface area contributed by atoms with Crippen molar-refractivity contribution in [2.75, 3.05) is 0 Å². The Kier molecular flexibility index (Phi) is 4.70. The van der Waals surface area contributed by atoms with Crippen LogP contribution in [0.1, 0.15) is 18.2 Å². The number of fused-ring (bicyclic) bond motifs is 1. The van der Waals surface area contributed by atoms with Gasteiger partial charge in [-0.2, -0.15) is 9.59 Å². The Morgan fingerprint density at radius 2 is 2.19 bits per heavy atom. The summed E-state index contributed by atoms with van der Waals surface area (Å²) in [6, 6.07) is 4.04. The molecular formula is C11H11ClN2O2. The lowest BCUT2D eigenvalue weighted by Crippen LogP contribution is -1.84. The minimum absolute atomic E-state index is 0.250. The van der Waals surface area contributed by atoms with Crippen molar-refractivity contribution in [3.8, 4) is 0 Å². The van der Waals surface area contributed by atoms with Gasteiger partial charge in [0.15, 0.2) is 0 Å². The molecule has 0 aliphatic rings. The van der Waals surface area contributed by atoms with Crippen molar-refractivity contribution in [3.63, 3.8) is 0 Å². The summed E-state index contributed by atoms with van der Waals surface area (Å²) in [5, 5.41) is 0. The molecule has 0 saturated carbocycles. The molecule has 5 heteroatoms. The molecule has 0 spiro atoms. The Hall–Kier alpha value is -1.64. The predicted molar refractivity (Wildman–Crippen MR) is 59.1 cm³/mol. The van der Waals surface area contributed by atoms with Crippen LogP contribution in [0.25, 0.3) is 5.65 Å². The summed E-state index contributed by atoms with van der Waals surface area (Å²) in [6.45, 7) is 2.10. The number of rotatable bonds is 2. The van der Waals surface area contributed by atoms with Gasteiger partial charge in [0.05, 0.1) is 5.69 Å². The van der Waals surface area contributed by atoms with Gasteiger partial charge in [-0.05, 0) is 24.1 Å². The van der Waals surface area contributed by atoms with Gasteiger partial charge < -0.3 is 4.40 Å². The number of hydrogen-bond donors (Lipinski definition) is 0. The van der Waals surface area contributed by atoms with Gasteiger partial charge in [-0.25, -0.2) is 4.98 Å². The predicted octanol–water partition coefficient (Wildman–Crippen LogP) is 2.05. The van der Waals surface area contributed by atoms with Crippen molar-refractivity contribution in [2.24, 2.45) is 0 Å². The van der Waals surface area contributed by atoms with Gasteiger partial charge in [0, 0.05) is 18.3 Å². The Morgan fingerprint density at radius 3 is 2.75 bits per heavy atom. The topological polar surface area (TPSA) is 51.4 Å². The van der Waals surface area contributed by atoms with E-state index in [0.29, 0.717) is 5.88 Å².